The van der Waals surface area contributed by atoms with Crippen molar-refractivity contribution in [3.63, 3.8) is 0 Å². The molecule has 0 radical (unpaired) electrons. The highest BCUT2D eigenvalue weighted by Gasteiger charge is 2.19. The van der Waals surface area contributed by atoms with Crippen molar-refractivity contribution < 1.29 is 14.3 Å². The van der Waals surface area contributed by atoms with E-state index < -0.39 is 11.8 Å². The topological polar surface area (TPSA) is 43.4 Å². The van der Waals surface area contributed by atoms with Crippen molar-refractivity contribution in [1.82, 2.24) is 0 Å². The van der Waals surface area contributed by atoms with E-state index in [2.05, 4.69) is 0 Å². The van der Waals surface area contributed by atoms with Gasteiger partial charge in [0.05, 0.1) is 11.6 Å². The number of rotatable bonds is 5. The summed E-state index contributed by atoms with van der Waals surface area (Å²) in [6.45, 7) is 2.25. The van der Waals surface area contributed by atoms with Gasteiger partial charge in [-0.2, -0.15) is 0 Å². The highest BCUT2D eigenvalue weighted by molar-refractivity contribution is 6.45. The minimum atomic E-state index is -0.846. The lowest BCUT2D eigenvalue weighted by Gasteiger charge is -2.04. The molecule has 0 saturated carbocycles. The van der Waals surface area contributed by atoms with Crippen molar-refractivity contribution >= 4 is 23.4 Å². The maximum Gasteiger partial charge on any atom is 0.379 e. The monoisotopic (exact) mass is 240 g/mol. The Morgan fingerprint density at radius 2 is 2.00 bits per heavy atom. The number of benzene rings is 1. The summed E-state index contributed by atoms with van der Waals surface area (Å²) in [6, 6.07) is 6.42. The van der Waals surface area contributed by atoms with Gasteiger partial charge in [-0.25, -0.2) is 4.79 Å². The summed E-state index contributed by atoms with van der Waals surface area (Å²) in [6.07, 6.45) is 1.66. The fourth-order valence-corrected chi connectivity index (χ4v) is 1.35. The second-order valence-corrected chi connectivity index (χ2v) is 3.71. The van der Waals surface area contributed by atoms with Crippen molar-refractivity contribution in [2.75, 3.05) is 6.61 Å². The SMILES string of the molecule is CCCCOC(=O)C(=O)c1ccccc1Cl. The molecule has 0 aliphatic carbocycles. The Bertz CT molecular complexity index is 388. The van der Waals surface area contributed by atoms with Gasteiger partial charge in [-0.1, -0.05) is 37.1 Å². The molecule has 0 aliphatic rings. The molecule has 1 aromatic carbocycles. The summed E-state index contributed by atoms with van der Waals surface area (Å²) in [7, 11) is 0. The molecule has 0 amide bonds. The molecule has 0 fully saturated rings. The second kappa shape index (κ2) is 6.28. The number of Topliss-reactive ketones (excluding diaryl/α,β-unsaturated/α-hetero) is 1. The Morgan fingerprint density at radius 1 is 1.31 bits per heavy atom. The minimum Gasteiger partial charge on any atom is -0.460 e. The first-order valence-corrected chi connectivity index (χ1v) is 5.50. The maximum atomic E-state index is 11.6. The predicted octanol–water partition coefficient (Wildman–Crippen LogP) is 2.87. The summed E-state index contributed by atoms with van der Waals surface area (Å²) in [5.41, 5.74) is 0.186. The number of carbonyl (C=O) groups is 2. The van der Waals surface area contributed by atoms with Gasteiger partial charge in [0, 0.05) is 5.56 Å². The van der Waals surface area contributed by atoms with Crippen LogP contribution < -0.4 is 0 Å². The highest BCUT2D eigenvalue weighted by atomic mass is 35.5. The van der Waals surface area contributed by atoms with E-state index in [9.17, 15) is 9.59 Å². The van der Waals surface area contributed by atoms with Gasteiger partial charge in [-0.15, -0.1) is 0 Å². The van der Waals surface area contributed by atoms with E-state index in [1.165, 1.54) is 6.07 Å². The fourth-order valence-electron chi connectivity index (χ4n) is 1.13. The van der Waals surface area contributed by atoms with Crippen LogP contribution in [0.3, 0.4) is 0 Å². The summed E-state index contributed by atoms with van der Waals surface area (Å²) in [5, 5.41) is 0.264. The molecule has 1 aromatic rings. The number of ketones is 1. The molecule has 16 heavy (non-hydrogen) atoms. The van der Waals surface area contributed by atoms with E-state index in [4.69, 9.17) is 16.3 Å². The van der Waals surface area contributed by atoms with Crippen LogP contribution in [0.25, 0.3) is 0 Å². The number of unbranched alkanes of at least 4 members (excludes halogenated alkanes) is 1. The largest absolute Gasteiger partial charge is 0.460 e. The highest BCUT2D eigenvalue weighted by Crippen LogP contribution is 2.15. The van der Waals surface area contributed by atoms with Gasteiger partial charge in [-0.05, 0) is 18.6 Å². The summed E-state index contributed by atoms with van der Waals surface area (Å²) >= 11 is 5.80. The summed E-state index contributed by atoms with van der Waals surface area (Å²) < 4.78 is 4.81. The molecular formula is C12H13ClO3. The number of esters is 1. The van der Waals surface area contributed by atoms with E-state index in [-0.39, 0.29) is 17.2 Å². The van der Waals surface area contributed by atoms with Crippen molar-refractivity contribution in [3.05, 3.63) is 34.9 Å². The molecule has 0 saturated heterocycles. The Labute approximate surface area is 99.4 Å². The molecule has 3 nitrogen and oxygen atoms in total. The van der Waals surface area contributed by atoms with E-state index in [0.29, 0.717) is 0 Å². The van der Waals surface area contributed by atoms with Crippen LogP contribution in [-0.2, 0) is 9.53 Å². The van der Waals surface area contributed by atoms with Crippen LogP contribution in [-0.4, -0.2) is 18.4 Å². The van der Waals surface area contributed by atoms with Gasteiger partial charge >= 0.3 is 5.97 Å². The van der Waals surface area contributed by atoms with Crippen LogP contribution in [0.1, 0.15) is 30.1 Å². The first-order chi connectivity index (χ1) is 7.66. The van der Waals surface area contributed by atoms with Gasteiger partial charge in [0.15, 0.2) is 0 Å². The van der Waals surface area contributed by atoms with Crippen LogP contribution in [0.5, 0.6) is 0 Å². The number of ether oxygens (including phenoxy) is 1. The van der Waals surface area contributed by atoms with Crippen molar-refractivity contribution in [3.8, 4) is 0 Å². The molecule has 86 valence electrons. The van der Waals surface area contributed by atoms with E-state index in [0.717, 1.165) is 12.8 Å². The lowest BCUT2D eigenvalue weighted by molar-refractivity contribution is -0.138. The first-order valence-electron chi connectivity index (χ1n) is 5.12. The average molecular weight is 241 g/mol. The van der Waals surface area contributed by atoms with E-state index >= 15 is 0 Å². The van der Waals surface area contributed by atoms with Crippen LogP contribution >= 0.6 is 11.6 Å². The molecule has 0 spiro atoms. The number of halogens is 1. The molecule has 0 bridgehead atoms. The average Bonchev–Trinajstić information content (AvgIpc) is 2.29. The Hall–Kier alpha value is -1.35. The summed E-state index contributed by atoms with van der Waals surface area (Å²) in [5.74, 6) is -1.54. The van der Waals surface area contributed by atoms with Crippen LogP contribution in [0, 0.1) is 0 Å². The van der Waals surface area contributed by atoms with Crippen molar-refractivity contribution in [2.24, 2.45) is 0 Å². The number of hydrogen-bond acceptors (Lipinski definition) is 3. The lowest BCUT2D eigenvalue weighted by atomic mass is 10.1. The first kappa shape index (κ1) is 12.7. The third kappa shape index (κ3) is 3.35. The van der Waals surface area contributed by atoms with Gasteiger partial charge < -0.3 is 4.74 Å². The van der Waals surface area contributed by atoms with Crippen molar-refractivity contribution in [1.29, 1.82) is 0 Å². The van der Waals surface area contributed by atoms with E-state index in [1.807, 2.05) is 6.92 Å². The maximum absolute atomic E-state index is 11.6. The zero-order valence-electron chi connectivity index (χ0n) is 9.03. The molecule has 0 aliphatic heterocycles. The Kier molecular flexibility index (Phi) is 4.99. The van der Waals surface area contributed by atoms with Crippen LogP contribution in [0.4, 0.5) is 0 Å². The smallest absolute Gasteiger partial charge is 0.379 e. The van der Waals surface area contributed by atoms with Crippen molar-refractivity contribution in [2.45, 2.75) is 19.8 Å². The van der Waals surface area contributed by atoms with Gasteiger partial charge in [0.2, 0.25) is 0 Å². The molecule has 4 heteroatoms. The molecule has 0 unspecified atom stereocenters. The lowest BCUT2D eigenvalue weighted by Crippen LogP contribution is -2.18. The third-order valence-corrected chi connectivity index (χ3v) is 2.36. The number of carbonyl (C=O) groups excluding carboxylic acids is 2. The van der Waals surface area contributed by atoms with Crippen LogP contribution in [0.15, 0.2) is 24.3 Å². The fraction of sp³-hybridized carbons (Fsp3) is 0.333. The van der Waals surface area contributed by atoms with Crippen LogP contribution in [0.2, 0.25) is 5.02 Å². The molecular weight excluding hydrogens is 228 g/mol. The van der Waals surface area contributed by atoms with Gasteiger partial charge in [0.1, 0.15) is 0 Å². The predicted molar refractivity (Wildman–Crippen MR) is 61.6 cm³/mol. The molecule has 1 rings (SSSR count). The summed E-state index contributed by atoms with van der Waals surface area (Å²) in [4.78, 5) is 22.9. The molecule has 0 N–H and O–H groups in total. The zero-order chi connectivity index (χ0) is 12.0. The second-order valence-electron chi connectivity index (χ2n) is 3.30. The molecule has 0 atom stereocenters. The molecule has 0 heterocycles. The van der Waals surface area contributed by atoms with Gasteiger partial charge in [-0.3, -0.25) is 4.79 Å². The normalized spacial score (nSPS) is 9.88. The van der Waals surface area contributed by atoms with E-state index in [1.54, 1.807) is 18.2 Å². The Balaban J connectivity index is 2.64. The quantitative estimate of drug-likeness (QED) is 0.344. The van der Waals surface area contributed by atoms with Gasteiger partial charge in [0.25, 0.3) is 5.78 Å². The zero-order valence-corrected chi connectivity index (χ0v) is 9.79. The number of hydrogen-bond donors (Lipinski definition) is 0. The third-order valence-electron chi connectivity index (χ3n) is 2.03. The molecule has 0 aromatic heterocycles. The standard InChI is InChI=1S/C12H13ClO3/c1-2-3-8-16-12(15)11(14)9-6-4-5-7-10(9)13/h4-7H,2-3,8H2,1H3. The minimum absolute atomic E-state index is 0.186. The Morgan fingerprint density at radius 3 is 2.62 bits per heavy atom.